The van der Waals surface area contributed by atoms with E-state index in [-0.39, 0.29) is 11.5 Å². The van der Waals surface area contributed by atoms with Gasteiger partial charge in [0.05, 0.1) is 10.6 Å². The summed E-state index contributed by atoms with van der Waals surface area (Å²) in [5.41, 5.74) is 2.09. The van der Waals surface area contributed by atoms with Crippen molar-refractivity contribution in [3.8, 4) is 0 Å². The Morgan fingerprint density at radius 2 is 2.00 bits per heavy atom. The van der Waals surface area contributed by atoms with E-state index in [1.165, 1.54) is 12.1 Å². The number of carbonyl (C=O) groups excluding carboxylic acids is 1. The number of nitrogens with one attached hydrogen (secondary N) is 1. The van der Waals surface area contributed by atoms with E-state index in [1.807, 2.05) is 12.3 Å². The molecule has 21 heavy (non-hydrogen) atoms. The van der Waals surface area contributed by atoms with Gasteiger partial charge in [-0.15, -0.1) is 11.3 Å². The lowest BCUT2D eigenvalue weighted by molar-refractivity contribution is -0.121. The predicted molar refractivity (Wildman–Crippen MR) is 80.4 cm³/mol. The molecule has 0 aliphatic rings. The second-order valence-electron chi connectivity index (χ2n) is 4.66. The highest BCUT2D eigenvalue weighted by Gasteiger charge is 2.06. The Bertz CT molecular complexity index is 635. The van der Waals surface area contributed by atoms with Gasteiger partial charge in [0.1, 0.15) is 0 Å². The van der Waals surface area contributed by atoms with Crippen LogP contribution in [0.1, 0.15) is 33.0 Å². The van der Waals surface area contributed by atoms with Crippen molar-refractivity contribution in [1.29, 1.82) is 0 Å². The molecule has 0 saturated carbocycles. The summed E-state index contributed by atoms with van der Waals surface area (Å²) in [7, 11) is 0. The first-order chi connectivity index (χ1) is 10.0. The van der Waals surface area contributed by atoms with Crippen LogP contribution in [0.3, 0.4) is 0 Å². The molecule has 0 fully saturated rings. The van der Waals surface area contributed by atoms with Gasteiger partial charge in [0, 0.05) is 30.5 Å². The van der Waals surface area contributed by atoms with Crippen LogP contribution in [0, 0.1) is 6.92 Å². The van der Waals surface area contributed by atoms with Crippen LogP contribution < -0.4 is 5.32 Å². The molecule has 5 nitrogen and oxygen atoms in total. The molecule has 0 atom stereocenters. The quantitative estimate of drug-likeness (QED) is 0.859. The molecule has 1 heterocycles. The van der Waals surface area contributed by atoms with E-state index in [0.717, 1.165) is 16.3 Å². The minimum absolute atomic E-state index is 0.0369. The Kier molecular flexibility index (Phi) is 5.05. The number of aromatic carboxylic acids is 1. The molecule has 0 aliphatic heterocycles. The van der Waals surface area contributed by atoms with E-state index in [1.54, 1.807) is 23.5 Å². The third-order valence-electron chi connectivity index (χ3n) is 2.92. The molecule has 110 valence electrons. The first-order valence-corrected chi connectivity index (χ1v) is 7.42. The van der Waals surface area contributed by atoms with Crippen molar-refractivity contribution in [1.82, 2.24) is 10.3 Å². The molecular weight excluding hydrogens is 288 g/mol. The molecule has 0 bridgehead atoms. The molecule has 1 aromatic carbocycles. The summed E-state index contributed by atoms with van der Waals surface area (Å²) in [4.78, 5) is 26.8. The Morgan fingerprint density at radius 3 is 2.57 bits per heavy atom. The van der Waals surface area contributed by atoms with Gasteiger partial charge in [0.15, 0.2) is 0 Å². The number of aryl methyl sites for hydroxylation is 2. The average molecular weight is 304 g/mol. The van der Waals surface area contributed by atoms with Crippen LogP contribution in [0.15, 0.2) is 29.6 Å². The number of nitrogens with zero attached hydrogens (tertiary/aromatic N) is 1. The number of hydrogen-bond donors (Lipinski definition) is 2. The molecule has 1 aromatic heterocycles. The first-order valence-electron chi connectivity index (χ1n) is 6.54. The lowest BCUT2D eigenvalue weighted by atomic mass is 10.1. The van der Waals surface area contributed by atoms with Gasteiger partial charge < -0.3 is 10.4 Å². The maximum Gasteiger partial charge on any atom is 0.335 e. The number of aromatic nitrogens is 1. The van der Waals surface area contributed by atoms with E-state index in [9.17, 15) is 9.59 Å². The summed E-state index contributed by atoms with van der Waals surface area (Å²) in [5, 5.41) is 14.5. The normalized spacial score (nSPS) is 10.3. The number of hydrogen-bond acceptors (Lipinski definition) is 4. The zero-order chi connectivity index (χ0) is 15.2. The predicted octanol–water partition coefficient (Wildman–Crippen LogP) is 2.40. The van der Waals surface area contributed by atoms with Gasteiger partial charge >= 0.3 is 5.97 Å². The van der Waals surface area contributed by atoms with E-state index in [4.69, 9.17) is 5.11 Å². The number of thiazole rings is 1. The number of carbonyl (C=O) groups is 2. The van der Waals surface area contributed by atoms with Crippen LogP contribution in [0.5, 0.6) is 0 Å². The highest BCUT2D eigenvalue weighted by Crippen LogP contribution is 2.10. The van der Waals surface area contributed by atoms with E-state index in [0.29, 0.717) is 19.4 Å². The summed E-state index contributed by atoms with van der Waals surface area (Å²) >= 11 is 1.56. The Morgan fingerprint density at radius 1 is 1.29 bits per heavy atom. The SMILES string of the molecule is Cc1csc(CCC(=O)NCc2ccc(C(=O)O)cc2)n1. The Hall–Kier alpha value is -2.21. The van der Waals surface area contributed by atoms with Crippen molar-refractivity contribution < 1.29 is 14.7 Å². The summed E-state index contributed by atoms with van der Waals surface area (Å²) < 4.78 is 0. The van der Waals surface area contributed by atoms with E-state index < -0.39 is 5.97 Å². The summed E-state index contributed by atoms with van der Waals surface area (Å²) in [6.45, 7) is 2.33. The van der Waals surface area contributed by atoms with Crippen molar-refractivity contribution in [3.63, 3.8) is 0 Å². The van der Waals surface area contributed by atoms with Gasteiger partial charge in [-0.1, -0.05) is 12.1 Å². The number of carboxylic acid groups (broad SMARTS) is 1. The van der Waals surface area contributed by atoms with Crippen molar-refractivity contribution >= 4 is 23.2 Å². The van der Waals surface area contributed by atoms with Gasteiger partial charge in [0.25, 0.3) is 0 Å². The number of rotatable bonds is 6. The maximum absolute atomic E-state index is 11.7. The highest BCUT2D eigenvalue weighted by molar-refractivity contribution is 7.09. The fraction of sp³-hybridized carbons (Fsp3) is 0.267. The summed E-state index contributed by atoms with van der Waals surface area (Å²) in [6.07, 6.45) is 1.04. The van der Waals surface area contributed by atoms with Crippen molar-refractivity contribution in [2.45, 2.75) is 26.3 Å². The largest absolute Gasteiger partial charge is 0.478 e. The molecule has 2 N–H and O–H groups in total. The molecular formula is C15H16N2O3S. The summed E-state index contributed by atoms with van der Waals surface area (Å²) in [5.74, 6) is -0.991. The van der Waals surface area contributed by atoms with Gasteiger partial charge in [-0.3, -0.25) is 4.79 Å². The zero-order valence-corrected chi connectivity index (χ0v) is 12.4. The van der Waals surface area contributed by atoms with Crippen LogP contribution in [0.25, 0.3) is 0 Å². The average Bonchev–Trinajstić information content (AvgIpc) is 2.89. The topological polar surface area (TPSA) is 79.3 Å². The molecule has 1 amide bonds. The lowest BCUT2D eigenvalue weighted by Gasteiger charge is -2.05. The molecule has 0 aliphatic carbocycles. The van der Waals surface area contributed by atoms with Crippen LogP contribution in [0.2, 0.25) is 0 Å². The first kappa shape index (κ1) is 15.2. The molecule has 6 heteroatoms. The molecule has 2 aromatic rings. The van der Waals surface area contributed by atoms with Crippen LogP contribution in [-0.4, -0.2) is 22.0 Å². The number of carboxylic acids is 1. The maximum atomic E-state index is 11.7. The van der Waals surface area contributed by atoms with Crippen LogP contribution >= 0.6 is 11.3 Å². The molecule has 0 unspecified atom stereocenters. The van der Waals surface area contributed by atoms with Crippen molar-refractivity contribution in [3.05, 3.63) is 51.5 Å². The number of benzene rings is 1. The third-order valence-corrected chi connectivity index (χ3v) is 3.95. The molecule has 2 rings (SSSR count). The number of amides is 1. The second kappa shape index (κ2) is 6.99. The van der Waals surface area contributed by atoms with Gasteiger partial charge in [-0.2, -0.15) is 0 Å². The molecule has 0 radical (unpaired) electrons. The fourth-order valence-electron chi connectivity index (χ4n) is 1.79. The van der Waals surface area contributed by atoms with E-state index in [2.05, 4.69) is 10.3 Å². The Balaban J connectivity index is 1.77. The standard InChI is InChI=1S/C15H16N2O3S/c1-10-9-21-14(17-10)7-6-13(18)16-8-11-2-4-12(5-3-11)15(19)20/h2-5,9H,6-8H2,1H3,(H,16,18)(H,19,20). The second-order valence-corrected chi connectivity index (χ2v) is 5.60. The minimum atomic E-state index is -0.954. The van der Waals surface area contributed by atoms with Gasteiger partial charge in [-0.25, -0.2) is 9.78 Å². The third kappa shape index (κ3) is 4.68. The van der Waals surface area contributed by atoms with Gasteiger partial charge in [0.2, 0.25) is 5.91 Å². The van der Waals surface area contributed by atoms with Crippen LogP contribution in [-0.2, 0) is 17.8 Å². The lowest BCUT2D eigenvalue weighted by Crippen LogP contribution is -2.23. The minimum Gasteiger partial charge on any atom is -0.478 e. The zero-order valence-electron chi connectivity index (χ0n) is 11.6. The molecule has 0 saturated heterocycles. The molecule has 0 spiro atoms. The van der Waals surface area contributed by atoms with Crippen molar-refractivity contribution in [2.24, 2.45) is 0 Å². The monoisotopic (exact) mass is 304 g/mol. The van der Waals surface area contributed by atoms with Gasteiger partial charge in [-0.05, 0) is 24.6 Å². The van der Waals surface area contributed by atoms with Crippen molar-refractivity contribution in [2.75, 3.05) is 0 Å². The smallest absolute Gasteiger partial charge is 0.335 e. The Labute approximate surface area is 126 Å². The van der Waals surface area contributed by atoms with E-state index >= 15 is 0 Å². The van der Waals surface area contributed by atoms with Crippen LogP contribution in [0.4, 0.5) is 0 Å². The highest BCUT2D eigenvalue weighted by atomic mass is 32.1. The fourth-order valence-corrected chi connectivity index (χ4v) is 2.57. The summed E-state index contributed by atoms with van der Waals surface area (Å²) in [6, 6.07) is 6.46.